The van der Waals surface area contributed by atoms with E-state index < -0.39 is 0 Å². The quantitative estimate of drug-likeness (QED) is 0.712. The van der Waals surface area contributed by atoms with Gasteiger partial charge in [-0.1, -0.05) is 0 Å². The monoisotopic (exact) mass is 198 g/mol. The first-order chi connectivity index (χ1) is 6.22. The van der Waals surface area contributed by atoms with Gasteiger partial charge in [-0.15, -0.1) is 0 Å². The zero-order chi connectivity index (χ0) is 9.68. The van der Waals surface area contributed by atoms with Crippen molar-refractivity contribution < 1.29 is 4.39 Å². The van der Waals surface area contributed by atoms with Crippen molar-refractivity contribution in [1.82, 2.24) is 5.32 Å². The average molecular weight is 198 g/mol. The smallest absolute Gasteiger partial charge is 0.170 e. The lowest BCUT2D eigenvalue weighted by Crippen LogP contribution is -2.27. The predicted octanol–water partition coefficient (Wildman–Crippen LogP) is 2.13. The van der Waals surface area contributed by atoms with Gasteiger partial charge in [-0.2, -0.15) is 0 Å². The molecule has 1 aromatic carbocycles. The first kappa shape index (κ1) is 9.92. The van der Waals surface area contributed by atoms with Crippen LogP contribution in [0.4, 0.5) is 10.1 Å². The molecule has 0 spiro atoms. The Kier molecular flexibility index (Phi) is 3.64. The summed E-state index contributed by atoms with van der Waals surface area (Å²) in [6, 6.07) is 6.05. The molecule has 2 nitrogen and oxygen atoms in total. The minimum atomic E-state index is -0.250. The van der Waals surface area contributed by atoms with E-state index >= 15 is 0 Å². The number of benzene rings is 1. The van der Waals surface area contributed by atoms with Gasteiger partial charge in [0.25, 0.3) is 0 Å². The molecule has 0 aliphatic carbocycles. The summed E-state index contributed by atoms with van der Waals surface area (Å²) in [6.07, 6.45) is 0. The maximum absolute atomic E-state index is 12.5. The Labute approximate surface area is 82.2 Å². The maximum atomic E-state index is 12.5. The highest BCUT2D eigenvalue weighted by atomic mass is 32.1. The van der Waals surface area contributed by atoms with Crippen LogP contribution in [-0.4, -0.2) is 11.7 Å². The van der Waals surface area contributed by atoms with Crippen molar-refractivity contribution in [3.8, 4) is 0 Å². The normalized spacial score (nSPS) is 9.38. The molecule has 2 N–H and O–H groups in total. The molecule has 0 heterocycles. The van der Waals surface area contributed by atoms with Gasteiger partial charge in [0.1, 0.15) is 5.82 Å². The van der Waals surface area contributed by atoms with Crippen molar-refractivity contribution in [2.45, 2.75) is 6.92 Å². The first-order valence-corrected chi connectivity index (χ1v) is 4.43. The largest absolute Gasteiger partial charge is 0.363 e. The molecule has 0 atom stereocenters. The minimum absolute atomic E-state index is 0.250. The number of anilines is 1. The number of thiocarbonyl (C=S) groups is 1. The van der Waals surface area contributed by atoms with E-state index in [9.17, 15) is 4.39 Å². The van der Waals surface area contributed by atoms with Crippen molar-refractivity contribution >= 4 is 23.0 Å². The summed E-state index contributed by atoms with van der Waals surface area (Å²) in [5, 5.41) is 6.41. The van der Waals surface area contributed by atoms with Crippen LogP contribution in [0.25, 0.3) is 0 Å². The van der Waals surface area contributed by atoms with Crippen LogP contribution in [0.1, 0.15) is 6.92 Å². The zero-order valence-electron chi connectivity index (χ0n) is 7.30. The van der Waals surface area contributed by atoms with Crippen LogP contribution in [-0.2, 0) is 0 Å². The molecule has 0 aliphatic rings. The van der Waals surface area contributed by atoms with Crippen molar-refractivity contribution in [3.05, 3.63) is 30.1 Å². The fourth-order valence-corrected chi connectivity index (χ4v) is 1.13. The molecule has 0 bridgehead atoms. The van der Waals surface area contributed by atoms with Crippen LogP contribution in [0.2, 0.25) is 0 Å². The topological polar surface area (TPSA) is 24.1 Å². The summed E-state index contributed by atoms with van der Waals surface area (Å²) < 4.78 is 12.5. The molecule has 0 saturated carbocycles. The van der Waals surface area contributed by atoms with Gasteiger partial charge in [-0.05, 0) is 43.4 Å². The lowest BCUT2D eigenvalue weighted by atomic mass is 10.3. The number of halogens is 1. The Hall–Kier alpha value is -1.16. The van der Waals surface area contributed by atoms with E-state index in [1.165, 1.54) is 12.1 Å². The molecule has 0 saturated heterocycles. The fourth-order valence-electron chi connectivity index (χ4n) is 0.869. The minimum Gasteiger partial charge on any atom is -0.363 e. The van der Waals surface area contributed by atoms with Gasteiger partial charge >= 0.3 is 0 Å². The summed E-state index contributed by atoms with van der Waals surface area (Å²) in [7, 11) is 0. The third-order valence-corrected chi connectivity index (χ3v) is 1.69. The van der Waals surface area contributed by atoms with Crippen LogP contribution in [0.3, 0.4) is 0 Å². The van der Waals surface area contributed by atoms with Crippen LogP contribution in [0.15, 0.2) is 24.3 Å². The van der Waals surface area contributed by atoms with E-state index in [4.69, 9.17) is 12.2 Å². The molecule has 0 radical (unpaired) electrons. The molecule has 1 aromatic rings. The summed E-state index contributed by atoms with van der Waals surface area (Å²) in [6.45, 7) is 2.73. The van der Waals surface area contributed by atoms with Crippen LogP contribution >= 0.6 is 12.2 Å². The molecular weight excluding hydrogens is 187 g/mol. The standard InChI is InChI=1S/C9H11FN2S/c1-2-11-9(13)12-8-5-3-7(10)4-6-8/h3-6H,2H2,1H3,(H2,11,12,13). The van der Waals surface area contributed by atoms with E-state index in [0.717, 1.165) is 12.2 Å². The average Bonchev–Trinajstić information content (AvgIpc) is 2.09. The molecule has 0 fully saturated rings. The highest BCUT2D eigenvalue weighted by Gasteiger charge is 1.95. The van der Waals surface area contributed by atoms with Gasteiger partial charge in [-0.25, -0.2) is 4.39 Å². The van der Waals surface area contributed by atoms with E-state index in [1.54, 1.807) is 12.1 Å². The van der Waals surface area contributed by atoms with Crippen LogP contribution in [0, 0.1) is 5.82 Å². The third kappa shape index (κ3) is 3.38. The zero-order valence-corrected chi connectivity index (χ0v) is 8.12. The molecule has 13 heavy (non-hydrogen) atoms. The molecule has 1 rings (SSSR count). The summed E-state index contributed by atoms with van der Waals surface area (Å²) in [5.74, 6) is -0.250. The Morgan fingerprint density at radius 2 is 2.00 bits per heavy atom. The van der Waals surface area contributed by atoms with Gasteiger partial charge in [0.2, 0.25) is 0 Å². The van der Waals surface area contributed by atoms with Gasteiger partial charge in [0.05, 0.1) is 0 Å². The molecule has 0 unspecified atom stereocenters. The highest BCUT2D eigenvalue weighted by molar-refractivity contribution is 7.80. The number of nitrogens with one attached hydrogen (secondary N) is 2. The molecular formula is C9H11FN2S. The first-order valence-electron chi connectivity index (χ1n) is 4.03. The SMILES string of the molecule is CCNC(=S)Nc1ccc(F)cc1. The maximum Gasteiger partial charge on any atom is 0.170 e. The molecule has 0 amide bonds. The Bertz CT molecular complexity index is 284. The van der Waals surface area contributed by atoms with Gasteiger partial charge < -0.3 is 10.6 Å². The van der Waals surface area contributed by atoms with E-state index in [-0.39, 0.29) is 5.82 Å². The number of hydrogen-bond donors (Lipinski definition) is 2. The van der Waals surface area contributed by atoms with Crippen molar-refractivity contribution in [3.63, 3.8) is 0 Å². The summed E-state index contributed by atoms with van der Waals surface area (Å²) in [4.78, 5) is 0. The Balaban J connectivity index is 2.54. The van der Waals surface area contributed by atoms with Crippen LogP contribution < -0.4 is 10.6 Å². The van der Waals surface area contributed by atoms with E-state index in [0.29, 0.717) is 5.11 Å². The van der Waals surface area contributed by atoms with Gasteiger partial charge in [-0.3, -0.25) is 0 Å². The predicted molar refractivity (Wildman–Crippen MR) is 56.3 cm³/mol. The molecule has 0 aliphatic heterocycles. The molecule has 0 aromatic heterocycles. The van der Waals surface area contributed by atoms with Gasteiger partial charge in [0, 0.05) is 12.2 Å². The van der Waals surface area contributed by atoms with Crippen molar-refractivity contribution in [1.29, 1.82) is 0 Å². The third-order valence-electron chi connectivity index (χ3n) is 1.44. The lowest BCUT2D eigenvalue weighted by molar-refractivity contribution is 0.628. The summed E-state index contributed by atoms with van der Waals surface area (Å²) in [5.41, 5.74) is 0.785. The van der Waals surface area contributed by atoms with E-state index in [2.05, 4.69) is 10.6 Å². The van der Waals surface area contributed by atoms with Crippen LogP contribution in [0.5, 0.6) is 0 Å². The molecule has 70 valence electrons. The lowest BCUT2D eigenvalue weighted by Gasteiger charge is -2.07. The van der Waals surface area contributed by atoms with Gasteiger partial charge in [0.15, 0.2) is 5.11 Å². The Morgan fingerprint density at radius 1 is 1.38 bits per heavy atom. The molecule has 4 heteroatoms. The van der Waals surface area contributed by atoms with Crippen molar-refractivity contribution in [2.24, 2.45) is 0 Å². The second kappa shape index (κ2) is 4.77. The number of rotatable bonds is 2. The van der Waals surface area contributed by atoms with E-state index in [1.807, 2.05) is 6.92 Å². The fraction of sp³-hybridized carbons (Fsp3) is 0.222. The Morgan fingerprint density at radius 3 is 2.54 bits per heavy atom. The second-order valence-corrected chi connectivity index (χ2v) is 2.90. The highest BCUT2D eigenvalue weighted by Crippen LogP contribution is 2.07. The number of hydrogen-bond acceptors (Lipinski definition) is 1. The second-order valence-electron chi connectivity index (χ2n) is 2.49. The van der Waals surface area contributed by atoms with Crippen molar-refractivity contribution in [2.75, 3.05) is 11.9 Å². The summed E-state index contributed by atoms with van der Waals surface area (Å²) >= 11 is 4.95.